The molecule has 0 saturated carbocycles. The van der Waals surface area contributed by atoms with Crippen LogP contribution in [-0.2, 0) is 9.53 Å². The Hall–Kier alpha value is -0.610. The van der Waals surface area contributed by atoms with Crippen LogP contribution in [-0.4, -0.2) is 38.3 Å². The van der Waals surface area contributed by atoms with Crippen LogP contribution in [0.5, 0.6) is 0 Å². The highest BCUT2D eigenvalue weighted by atomic mass is 16.5. The van der Waals surface area contributed by atoms with Crippen molar-refractivity contribution in [1.82, 2.24) is 10.6 Å². The first-order chi connectivity index (χ1) is 8.13. The Morgan fingerprint density at radius 3 is 2.82 bits per heavy atom. The summed E-state index contributed by atoms with van der Waals surface area (Å²) >= 11 is 0. The van der Waals surface area contributed by atoms with Crippen LogP contribution in [0.2, 0.25) is 0 Å². The van der Waals surface area contributed by atoms with Crippen molar-refractivity contribution >= 4 is 5.97 Å². The average Bonchev–Trinajstić information content (AvgIpc) is 2.55. The predicted molar refractivity (Wildman–Crippen MR) is 68.9 cm³/mol. The van der Waals surface area contributed by atoms with E-state index in [0.717, 1.165) is 32.4 Å². The second-order valence-corrected chi connectivity index (χ2v) is 5.25. The molecule has 0 amide bonds. The van der Waals surface area contributed by atoms with Gasteiger partial charge in [-0.25, -0.2) is 0 Å². The first kappa shape index (κ1) is 14.5. The first-order valence-corrected chi connectivity index (χ1v) is 6.68. The second-order valence-electron chi connectivity index (χ2n) is 5.25. The van der Waals surface area contributed by atoms with Crippen molar-refractivity contribution in [3.05, 3.63) is 0 Å². The van der Waals surface area contributed by atoms with Gasteiger partial charge in [0.15, 0.2) is 0 Å². The van der Waals surface area contributed by atoms with E-state index in [9.17, 15) is 4.79 Å². The molecule has 0 aromatic rings. The maximum atomic E-state index is 11.7. The number of ether oxygens (including phenoxy) is 1. The normalized spacial score (nSPS) is 23.2. The molecular formula is C13H26N2O2. The lowest BCUT2D eigenvalue weighted by Crippen LogP contribution is -2.45. The SMILES string of the molecule is COC(=O)C(CC(C)C)NC1CCCNCC1. The number of hydrogen-bond donors (Lipinski definition) is 2. The Morgan fingerprint density at radius 2 is 2.18 bits per heavy atom. The molecule has 0 aromatic carbocycles. The quantitative estimate of drug-likeness (QED) is 0.714. The maximum Gasteiger partial charge on any atom is 0.322 e. The van der Waals surface area contributed by atoms with Crippen LogP contribution >= 0.6 is 0 Å². The van der Waals surface area contributed by atoms with Crippen molar-refractivity contribution in [1.29, 1.82) is 0 Å². The van der Waals surface area contributed by atoms with Gasteiger partial charge in [0.05, 0.1) is 7.11 Å². The highest BCUT2D eigenvalue weighted by molar-refractivity contribution is 5.75. The van der Waals surface area contributed by atoms with Crippen molar-refractivity contribution in [3.63, 3.8) is 0 Å². The first-order valence-electron chi connectivity index (χ1n) is 6.68. The van der Waals surface area contributed by atoms with Gasteiger partial charge in [0.2, 0.25) is 0 Å². The van der Waals surface area contributed by atoms with Crippen LogP contribution in [0.15, 0.2) is 0 Å². The molecule has 4 nitrogen and oxygen atoms in total. The molecule has 1 heterocycles. The number of esters is 1. The summed E-state index contributed by atoms with van der Waals surface area (Å²) in [5.74, 6) is 0.367. The number of methoxy groups -OCH3 is 1. The molecule has 2 atom stereocenters. The zero-order valence-electron chi connectivity index (χ0n) is 11.3. The van der Waals surface area contributed by atoms with Gasteiger partial charge < -0.3 is 15.4 Å². The molecule has 1 saturated heterocycles. The standard InChI is InChI=1S/C13H26N2O2/c1-10(2)9-12(13(16)17-3)15-11-5-4-7-14-8-6-11/h10-12,14-15H,4-9H2,1-3H3. The summed E-state index contributed by atoms with van der Waals surface area (Å²) in [7, 11) is 1.46. The smallest absolute Gasteiger partial charge is 0.322 e. The van der Waals surface area contributed by atoms with Gasteiger partial charge in [0.25, 0.3) is 0 Å². The van der Waals surface area contributed by atoms with Crippen LogP contribution in [0.1, 0.15) is 39.5 Å². The van der Waals surface area contributed by atoms with Crippen molar-refractivity contribution in [3.8, 4) is 0 Å². The lowest BCUT2D eigenvalue weighted by Gasteiger charge is -2.24. The molecule has 0 aliphatic carbocycles. The summed E-state index contributed by atoms with van der Waals surface area (Å²) in [4.78, 5) is 11.7. The molecule has 100 valence electrons. The van der Waals surface area contributed by atoms with Gasteiger partial charge >= 0.3 is 5.97 Å². The average molecular weight is 242 g/mol. The molecule has 0 spiro atoms. The van der Waals surface area contributed by atoms with E-state index in [1.165, 1.54) is 13.5 Å². The van der Waals surface area contributed by atoms with E-state index in [1.807, 2.05) is 0 Å². The highest BCUT2D eigenvalue weighted by Gasteiger charge is 2.24. The number of hydrogen-bond acceptors (Lipinski definition) is 4. The third-order valence-corrected chi connectivity index (χ3v) is 3.21. The molecule has 1 aliphatic heterocycles. The van der Waals surface area contributed by atoms with E-state index < -0.39 is 0 Å². The molecule has 2 N–H and O–H groups in total. The van der Waals surface area contributed by atoms with Crippen LogP contribution in [0.4, 0.5) is 0 Å². The number of carbonyl (C=O) groups is 1. The lowest BCUT2D eigenvalue weighted by atomic mass is 10.0. The minimum absolute atomic E-state index is 0.129. The largest absolute Gasteiger partial charge is 0.468 e. The van der Waals surface area contributed by atoms with E-state index in [4.69, 9.17) is 4.74 Å². The predicted octanol–water partition coefficient (Wildman–Crippen LogP) is 1.31. The van der Waals surface area contributed by atoms with Gasteiger partial charge in [-0.3, -0.25) is 4.79 Å². The molecule has 0 bridgehead atoms. The van der Waals surface area contributed by atoms with Gasteiger partial charge in [-0.2, -0.15) is 0 Å². The highest BCUT2D eigenvalue weighted by Crippen LogP contribution is 2.11. The van der Waals surface area contributed by atoms with Crippen LogP contribution in [0.3, 0.4) is 0 Å². The molecule has 17 heavy (non-hydrogen) atoms. The number of nitrogens with one attached hydrogen (secondary N) is 2. The third-order valence-electron chi connectivity index (χ3n) is 3.21. The minimum atomic E-state index is -0.150. The van der Waals surface area contributed by atoms with E-state index in [2.05, 4.69) is 24.5 Å². The van der Waals surface area contributed by atoms with Crippen LogP contribution in [0, 0.1) is 5.92 Å². The molecular weight excluding hydrogens is 216 g/mol. The molecule has 4 heteroatoms. The van der Waals surface area contributed by atoms with Gasteiger partial charge in [-0.15, -0.1) is 0 Å². The van der Waals surface area contributed by atoms with E-state index >= 15 is 0 Å². The van der Waals surface area contributed by atoms with Gasteiger partial charge in [0.1, 0.15) is 6.04 Å². The van der Waals surface area contributed by atoms with Crippen LogP contribution < -0.4 is 10.6 Å². The molecule has 1 aliphatic rings. The van der Waals surface area contributed by atoms with E-state index in [-0.39, 0.29) is 12.0 Å². The number of rotatable bonds is 5. The fraction of sp³-hybridized carbons (Fsp3) is 0.923. The Labute approximate surface area is 104 Å². The summed E-state index contributed by atoms with van der Waals surface area (Å²) in [5.41, 5.74) is 0. The van der Waals surface area contributed by atoms with Gasteiger partial charge in [0, 0.05) is 6.04 Å². The molecule has 1 rings (SSSR count). The summed E-state index contributed by atoms with van der Waals surface area (Å²) in [5, 5.41) is 6.84. The van der Waals surface area contributed by atoms with Gasteiger partial charge in [-0.05, 0) is 44.7 Å². The second kappa shape index (κ2) is 7.67. The number of carbonyl (C=O) groups excluding carboxylic acids is 1. The van der Waals surface area contributed by atoms with Gasteiger partial charge in [-0.1, -0.05) is 13.8 Å². The third kappa shape index (κ3) is 5.50. The maximum absolute atomic E-state index is 11.7. The zero-order chi connectivity index (χ0) is 12.7. The summed E-state index contributed by atoms with van der Waals surface area (Å²) in [6.07, 6.45) is 4.24. The fourth-order valence-electron chi connectivity index (χ4n) is 2.32. The van der Waals surface area contributed by atoms with E-state index in [1.54, 1.807) is 0 Å². The zero-order valence-corrected chi connectivity index (χ0v) is 11.3. The minimum Gasteiger partial charge on any atom is -0.468 e. The Morgan fingerprint density at radius 1 is 1.41 bits per heavy atom. The molecule has 1 fully saturated rings. The lowest BCUT2D eigenvalue weighted by molar-refractivity contribution is -0.143. The topological polar surface area (TPSA) is 50.4 Å². The van der Waals surface area contributed by atoms with E-state index in [0.29, 0.717) is 12.0 Å². The van der Waals surface area contributed by atoms with Crippen LogP contribution in [0.25, 0.3) is 0 Å². The Bertz CT molecular complexity index is 223. The molecule has 2 unspecified atom stereocenters. The fourth-order valence-corrected chi connectivity index (χ4v) is 2.32. The summed E-state index contributed by atoms with van der Waals surface area (Å²) < 4.78 is 4.87. The molecule has 0 radical (unpaired) electrons. The Balaban J connectivity index is 2.48. The monoisotopic (exact) mass is 242 g/mol. The van der Waals surface area contributed by atoms with Crippen molar-refractivity contribution in [2.45, 2.75) is 51.6 Å². The Kier molecular flexibility index (Phi) is 6.52. The summed E-state index contributed by atoms with van der Waals surface area (Å²) in [6.45, 7) is 6.39. The van der Waals surface area contributed by atoms with Crippen molar-refractivity contribution in [2.24, 2.45) is 5.92 Å². The van der Waals surface area contributed by atoms with Crippen molar-refractivity contribution < 1.29 is 9.53 Å². The summed E-state index contributed by atoms with van der Waals surface area (Å²) in [6, 6.07) is 0.288. The molecule has 0 aromatic heterocycles. The van der Waals surface area contributed by atoms with Crippen molar-refractivity contribution in [2.75, 3.05) is 20.2 Å².